The molecule has 164 valence electrons. The second-order valence-corrected chi connectivity index (χ2v) is 9.16. The third kappa shape index (κ3) is 3.81. The van der Waals surface area contributed by atoms with Crippen molar-refractivity contribution in [2.75, 3.05) is 0 Å². The van der Waals surface area contributed by atoms with Gasteiger partial charge in [0.15, 0.2) is 0 Å². The third-order valence-electron chi connectivity index (χ3n) is 6.74. The maximum absolute atomic E-state index is 12.7. The van der Waals surface area contributed by atoms with E-state index in [1.807, 2.05) is 60.7 Å². The van der Waals surface area contributed by atoms with Crippen LogP contribution in [0.25, 0.3) is 10.8 Å². The maximum Gasteiger partial charge on any atom is 0.266 e. The zero-order chi connectivity index (χ0) is 23.0. The fourth-order valence-electron chi connectivity index (χ4n) is 4.93. The summed E-state index contributed by atoms with van der Waals surface area (Å²) in [6.45, 7) is 1.72. The van der Waals surface area contributed by atoms with Crippen LogP contribution in [0.5, 0.6) is 0 Å². The summed E-state index contributed by atoms with van der Waals surface area (Å²) in [7, 11) is 0. The van der Waals surface area contributed by atoms with Crippen molar-refractivity contribution >= 4 is 28.1 Å². The second-order valence-electron chi connectivity index (χ2n) is 8.72. The van der Waals surface area contributed by atoms with Crippen LogP contribution in [0.3, 0.4) is 0 Å². The number of halogens is 1. The highest BCUT2D eigenvalue weighted by Crippen LogP contribution is 2.50. The van der Waals surface area contributed by atoms with Gasteiger partial charge in [-0.15, -0.1) is 0 Å². The van der Waals surface area contributed by atoms with Gasteiger partial charge in [0.25, 0.3) is 5.54 Å². The summed E-state index contributed by atoms with van der Waals surface area (Å²) < 4.78 is 0. The Labute approximate surface area is 197 Å². The SMILES string of the molecule is C[C@@]1([N+](=O)[O-])C(Cc2ccccc2)=N[C@H](c2ccc3ccccc3c2)[C@H]1c1ccc(Cl)cc1. The molecule has 0 N–H and O–H groups in total. The van der Waals surface area contributed by atoms with Crippen LogP contribution in [0.2, 0.25) is 5.02 Å². The van der Waals surface area contributed by atoms with Crippen LogP contribution in [0, 0.1) is 10.1 Å². The topological polar surface area (TPSA) is 55.5 Å². The van der Waals surface area contributed by atoms with Crippen molar-refractivity contribution in [3.8, 4) is 0 Å². The average Bonchev–Trinajstić information content (AvgIpc) is 3.13. The number of hydrogen-bond donors (Lipinski definition) is 0. The molecule has 1 aliphatic heterocycles. The molecule has 0 radical (unpaired) electrons. The Morgan fingerprint density at radius 1 is 0.879 bits per heavy atom. The number of nitro groups is 1. The van der Waals surface area contributed by atoms with Crippen LogP contribution in [-0.4, -0.2) is 16.2 Å². The van der Waals surface area contributed by atoms with Crippen molar-refractivity contribution in [2.45, 2.75) is 30.8 Å². The Balaban J connectivity index is 1.68. The molecule has 4 aromatic carbocycles. The molecule has 0 unspecified atom stereocenters. The molecule has 4 nitrogen and oxygen atoms in total. The quantitative estimate of drug-likeness (QED) is 0.239. The van der Waals surface area contributed by atoms with Crippen molar-refractivity contribution in [2.24, 2.45) is 4.99 Å². The van der Waals surface area contributed by atoms with Crippen LogP contribution < -0.4 is 0 Å². The number of benzene rings is 4. The van der Waals surface area contributed by atoms with E-state index in [0.717, 1.165) is 27.5 Å². The molecule has 4 aromatic rings. The van der Waals surface area contributed by atoms with Gasteiger partial charge in [0.1, 0.15) is 0 Å². The molecule has 0 spiro atoms. The van der Waals surface area contributed by atoms with Gasteiger partial charge < -0.3 is 0 Å². The van der Waals surface area contributed by atoms with Crippen molar-refractivity contribution in [1.82, 2.24) is 0 Å². The lowest BCUT2D eigenvalue weighted by molar-refractivity contribution is -0.546. The number of hydrogen-bond acceptors (Lipinski definition) is 3. The van der Waals surface area contributed by atoms with Gasteiger partial charge in [-0.25, -0.2) is 0 Å². The Bertz CT molecular complexity index is 1350. The lowest BCUT2D eigenvalue weighted by atomic mass is 9.74. The zero-order valence-corrected chi connectivity index (χ0v) is 18.9. The van der Waals surface area contributed by atoms with E-state index in [1.54, 1.807) is 19.1 Å². The van der Waals surface area contributed by atoms with Gasteiger partial charge in [-0.2, -0.15) is 0 Å². The summed E-state index contributed by atoms with van der Waals surface area (Å²) >= 11 is 6.14. The predicted octanol–water partition coefficient (Wildman–Crippen LogP) is 7.05. The summed E-state index contributed by atoms with van der Waals surface area (Å²) in [6, 6.07) is 31.2. The minimum Gasteiger partial charge on any atom is -0.277 e. The van der Waals surface area contributed by atoms with Gasteiger partial charge in [-0.1, -0.05) is 90.5 Å². The zero-order valence-electron chi connectivity index (χ0n) is 18.2. The molecule has 5 heteroatoms. The first-order valence-electron chi connectivity index (χ1n) is 11.0. The van der Waals surface area contributed by atoms with E-state index in [4.69, 9.17) is 16.6 Å². The summed E-state index contributed by atoms with van der Waals surface area (Å²) in [6.07, 6.45) is 0.437. The minimum absolute atomic E-state index is 0.158. The minimum atomic E-state index is -1.35. The second kappa shape index (κ2) is 8.45. The Morgan fingerprint density at radius 3 is 2.21 bits per heavy atom. The summed E-state index contributed by atoms with van der Waals surface area (Å²) in [5, 5.41) is 15.5. The Hall–Kier alpha value is -3.50. The fraction of sp³-hybridized carbons (Fsp3) is 0.179. The van der Waals surface area contributed by atoms with Gasteiger partial charge in [0.05, 0.1) is 17.7 Å². The highest BCUT2D eigenvalue weighted by Gasteiger charge is 2.58. The van der Waals surface area contributed by atoms with Gasteiger partial charge in [-0.3, -0.25) is 15.1 Å². The standard InChI is InChI=1S/C28H23ClN2O2/c1-28(31(32)33)25(17-19-7-3-2-4-8-19)30-27(26(28)21-13-15-24(29)16-14-21)23-12-11-20-9-5-6-10-22(20)18-23/h2-16,18,26-27H,17H2,1H3/t26-,27-,28-/m1/s1. The summed E-state index contributed by atoms with van der Waals surface area (Å²) in [4.78, 5) is 17.6. The number of nitrogens with zero attached hydrogens (tertiary/aromatic N) is 2. The highest BCUT2D eigenvalue weighted by molar-refractivity contribution is 6.30. The maximum atomic E-state index is 12.7. The number of fused-ring (bicyclic) bond motifs is 1. The van der Waals surface area contributed by atoms with E-state index in [0.29, 0.717) is 17.2 Å². The molecular formula is C28H23ClN2O2. The Kier molecular flexibility index (Phi) is 5.47. The van der Waals surface area contributed by atoms with E-state index >= 15 is 0 Å². The monoisotopic (exact) mass is 454 g/mol. The van der Waals surface area contributed by atoms with E-state index in [-0.39, 0.29) is 11.0 Å². The largest absolute Gasteiger partial charge is 0.277 e. The van der Waals surface area contributed by atoms with Crippen molar-refractivity contribution in [3.05, 3.63) is 129 Å². The first kappa shape index (κ1) is 21.4. The van der Waals surface area contributed by atoms with E-state index < -0.39 is 11.5 Å². The van der Waals surface area contributed by atoms with E-state index in [2.05, 4.69) is 24.3 Å². The molecule has 0 aromatic heterocycles. The highest BCUT2D eigenvalue weighted by atomic mass is 35.5. The molecule has 0 saturated heterocycles. The van der Waals surface area contributed by atoms with Gasteiger partial charge >= 0.3 is 0 Å². The molecule has 0 fully saturated rings. The molecule has 33 heavy (non-hydrogen) atoms. The first-order valence-corrected chi connectivity index (χ1v) is 11.3. The molecule has 0 amide bonds. The van der Waals surface area contributed by atoms with Crippen molar-refractivity contribution in [3.63, 3.8) is 0 Å². The fourth-order valence-corrected chi connectivity index (χ4v) is 5.05. The first-order chi connectivity index (χ1) is 16.0. The number of rotatable bonds is 5. The molecule has 3 atom stereocenters. The molecule has 0 aliphatic carbocycles. The van der Waals surface area contributed by atoms with E-state index in [1.165, 1.54) is 0 Å². The lowest BCUT2D eigenvalue weighted by Gasteiger charge is -2.28. The number of aliphatic imine (C=N–C) groups is 1. The van der Waals surface area contributed by atoms with Gasteiger partial charge in [-0.05, 0) is 45.7 Å². The third-order valence-corrected chi connectivity index (χ3v) is 6.99. The normalized spacial score (nSPS) is 22.3. The Morgan fingerprint density at radius 2 is 1.52 bits per heavy atom. The average molecular weight is 455 g/mol. The predicted molar refractivity (Wildman–Crippen MR) is 134 cm³/mol. The van der Waals surface area contributed by atoms with E-state index in [9.17, 15) is 10.1 Å². The lowest BCUT2D eigenvalue weighted by Crippen LogP contribution is -2.47. The van der Waals surface area contributed by atoms with Crippen molar-refractivity contribution < 1.29 is 4.92 Å². The van der Waals surface area contributed by atoms with Crippen LogP contribution in [0.15, 0.2) is 102 Å². The van der Waals surface area contributed by atoms with Gasteiger partial charge in [0.2, 0.25) is 0 Å². The van der Waals surface area contributed by atoms with Crippen LogP contribution in [-0.2, 0) is 6.42 Å². The smallest absolute Gasteiger partial charge is 0.266 e. The van der Waals surface area contributed by atoms with Crippen LogP contribution in [0.1, 0.15) is 35.6 Å². The van der Waals surface area contributed by atoms with Crippen LogP contribution in [0.4, 0.5) is 0 Å². The molecule has 1 aliphatic rings. The molecular weight excluding hydrogens is 432 g/mol. The summed E-state index contributed by atoms with van der Waals surface area (Å²) in [5.74, 6) is -0.454. The van der Waals surface area contributed by atoms with Crippen molar-refractivity contribution in [1.29, 1.82) is 0 Å². The molecule has 0 bridgehead atoms. The molecule has 5 rings (SSSR count). The van der Waals surface area contributed by atoms with Crippen LogP contribution >= 0.6 is 11.6 Å². The summed E-state index contributed by atoms with van der Waals surface area (Å²) in [5.41, 5.74) is 2.10. The molecule has 1 heterocycles. The molecule has 0 saturated carbocycles. The van der Waals surface area contributed by atoms with Gasteiger partial charge in [0, 0.05) is 23.3 Å².